The first-order valence-electron chi connectivity index (χ1n) is 7.67. The van der Waals surface area contributed by atoms with Gasteiger partial charge in [-0.1, -0.05) is 26.7 Å². The highest BCUT2D eigenvalue weighted by Gasteiger charge is 2.20. The molecule has 1 saturated heterocycles. The highest BCUT2D eigenvalue weighted by molar-refractivity contribution is 4.79. The fraction of sp³-hybridized carbons (Fsp3) is 1.00. The third-order valence-corrected chi connectivity index (χ3v) is 4.23. The summed E-state index contributed by atoms with van der Waals surface area (Å²) in [5.74, 6) is 0. The maximum Gasteiger partial charge on any atom is 0.00790 e. The number of nitrogens with one attached hydrogen (secondary N) is 1. The van der Waals surface area contributed by atoms with Crippen LogP contribution in [0.25, 0.3) is 0 Å². The molecule has 17 heavy (non-hydrogen) atoms. The van der Waals surface area contributed by atoms with Gasteiger partial charge in [0.2, 0.25) is 0 Å². The van der Waals surface area contributed by atoms with Gasteiger partial charge < -0.3 is 10.2 Å². The smallest absolute Gasteiger partial charge is 0.00790 e. The molecule has 2 heteroatoms. The first kappa shape index (κ1) is 15.0. The number of unbranched alkanes of at least 4 members (excludes halogenated alkanes) is 1. The Labute approximate surface area is 108 Å². The lowest BCUT2D eigenvalue weighted by Gasteiger charge is -2.35. The van der Waals surface area contributed by atoms with Gasteiger partial charge in [0.1, 0.15) is 0 Å². The second kappa shape index (κ2) is 8.10. The predicted molar refractivity (Wildman–Crippen MR) is 76.5 cm³/mol. The third kappa shape index (κ3) is 5.39. The zero-order valence-electron chi connectivity index (χ0n) is 12.3. The fourth-order valence-electron chi connectivity index (χ4n) is 2.81. The second-order valence-electron chi connectivity index (χ2n) is 5.78. The first-order valence-corrected chi connectivity index (χ1v) is 7.67. The van der Waals surface area contributed by atoms with Crippen molar-refractivity contribution in [2.24, 2.45) is 0 Å². The molecule has 1 fully saturated rings. The lowest BCUT2D eigenvalue weighted by molar-refractivity contribution is 0.159. The van der Waals surface area contributed by atoms with E-state index >= 15 is 0 Å². The van der Waals surface area contributed by atoms with Gasteiger partial charge in [-0.25, -0.2) is 0 Å². The minimum Gasteiger partial charge on any atom is -0.311 e. The van der Waals surface area contributed by atoms with Crippen LogP contribution < -0.4 is 5.32 Å². The molecule has 0 amide bonds. The average molecular weight is 240 g/mol. The summed E-state index contributed by atoms with van der Waals surface area (Å²) in [6, 6.07) is 2.19. The van der Waals surface area contributed by atoms with Crippen LogP contribution >= 0.6 is 0 Å². The maximum atomic E-state index is 3.74. The highest BCUT2D eigenvalue weighted by Crippen LogP contribution is 2.14. The quantitative estimate of drug-likeness (QED) is 0.792. The molecule has 1 aliphatic heterocycles. The van der Waals surface area contributed by atoms with Crippen LogP contribution in [-0.2, 0) is 0 Å². The van der Waals surface area contributed by atoms with Gasteiger partial charge in [0, 0.05) is 18.1 Å². The molecule has 2 nitrogen and oxygen atoms in total. The molecule has 0 spiro atoms. The summed E-state index contributed by atoms with van der Waals surface area (Å²) in [6.45, 7) is 11.9. The normalized spacial score (nSPS) is 29.6. The Morgan fingerprint density at radius 3 is 2.59 bits per heavy atom. The molecule has 0 aromatic heterocycles. The van der Waals surface area contributed by atoms with Crippen molar-refractivity contribution in [2.45, 2.75) is 84.3 Å². The predicted octanol–water partition coefficient (Wildman–Crippen LogP) is 3.42. The van der Waals surface area contributed by atoms with Crippen molar-refractivity contribution in [3.63, 3.8) is 0 Å². The molecule has 1 rings (SSSR count). The summed E-state index contributed by atoms with van der Waals surface area (Å²) in [6.07, 6.45) is 7.96. The third-order valence-electron chi connectivity index (χ3n) is 4.23. The van der Waals surface area contributed by atoms with Crippen molar-refractivity contribution in [3.05, 3.63) is 0 Å². The van der Waals surface area contributed by atoms with E-state index in [2.05, 4.69) is 37.9 Å². The maximum absolute atomic E-state index is 3.74. The number of hydrogen-bond donors (Lipinski definition) is 1. The summed E-state index contributed by atoms with van der Waals surface area (Å²) in [5, 5.41) is 3.74. The van der Waals surface area contributed by atoms with E-state index in [-0.39, 0.29) is 0 Å². The molecule has 1 N–H and O–H groups in total. The summed E-state index contributed by atoms with van der Waals surface area (Å²) >= 11 is 0. The molecule has 0 saturated carbocycles. The van der Waals surface area contributed by atoms with Gasteiger partial charge in [-0.3, -0.25) is 0 Å². The molecule has 1 heterocycles. The van der Waals surface area contributed by atoms with Crippen LogP contribution in [0.1, 0.15) is 66.2 Å². The Hall–Kier alpha value is -0.0800. The monoisotopic (exact) mass is 240 g/mol. The summed E-state index contributed by atoms with van der Waals surface area (Å²) in [7, 11) is 0. The molecule has 3 atom stereocenters. The summed E-state index contributed by atoms with van der Waals surface area (Å²) in [4.78, 5) is 2.72. The van der Waals surface area contributed by atoms with E-state index in [0.29, 0.717) is 6.04 Å². The molecule has 1 aliphatic rings. The Bertz CT molecular complexity index is 193. The molecule has 0 aromatic carbocycles. The lowest BCUT2D eigenvalue weighted by Crippen LogP contribution is -2.46. The zero-order chi connectivity index (χ0) is 12.7. The molecular weight excluding hydrogens is 208 g/mol. The van der Waals surface area contributed by atoms with E-state index in [1.807, 2.05) is 0 Å². The number of nitrogens with zero attached hydrogens (tertiary/aromatic N) is 1. The fourth-order valence-corrected chi connectivity index (χ4v) is 2.81. The van der Waals surface area contributed by atoms with E-state index in [1.54, 1.807) is 0 Å². The van der Waals surface area contributed by atoms with Gasteiger partial charge in [-0.2, -0.15) is 0 Å². The number of rotatable bonds is 5. The van der Waals surface area contributed by atoms with E-state index < -0.39 is 0 Å². The zero-order valence-corrected chi connectivity index (χ0v) is 12.3. The van der Waals surface area contributed by atoms with Crippen molar-refractivity contribution in [1.82, 2.24) is 10.2 Å². The SMILES string of the molecule is CCCCC(C)N1CCC(C)NC(CC)CC1. The summed E-state index contributed by atoms with van der Waals surface area (Å²) < 4.78 is 0. The topological polar surface area (TPSA) is 15.3 Å². The number of hydrogen-bond acceptors (Lipinski definition) is 2. The van der Waals surface area contributed by atoms with E-state index in [0.717, 1.165) is 12.1 Å². The molecule has 3 unspecified atom stereocenters. The standard InChI is InChI=1S/C15H32N2/c1-5-7-8-14(4)17-11-9-13(3)16-15(6-2)10-12-17/h13-16H,5-12H2,1-4H3. The van der Waals surface area contributed by atoms with E-state index in [1.165, 1.54) is 51.6 Å². The Kier molecular flexibility index (Phi) is 7.14. The van der Waals surface area contributed by atoms with Gasteiger partial charge in [-0.05, 0) is 52.6 Å². The van der Waals surface area contributed by atoms with Crippen molar-refractivity contribution < 1.29 is 0 Å². The largest absolute Gasteiger partial charge is 0.311 e. The van der Waals surface area contributed by atoms with Crippen LogP contribution in [0.3, 0.4) is 0 Å². The van der Waals surface area contributed by atoms with Gasteiger partial charge in [0.15, 0.2) is 0 Å². The van der Waals surface area contributed by atoms with Crippen molar-refractivity contribution in [3.8, 4) is 0 Å². The van der Waals surface area contributed by atoms with Crippen molar-refractivity contribution in [1.29, 1.82) is 0 Å². The summed E-state index contributed by atoms with van der Waals surface area (Å²) in [5.41, 5.74) is 0. The van der Waals surface area contributed by atoms with E-state index in [4.69, 9.17) is 0 Å². The van der Waals surface area contributed by atoms with E-state index in [9.17, 15) is 0 Å². The van der Waals surface area contributed by atoms with Gasteiger partial charge in [-0.15, -0.1) is 0 Å². The highest BCUT2D eigenvalue weighted by atomic mass is 15.2. The van der Waals surface area contributed by atoms with Gasteiger partial charge in [0.05, 0.1) is 0 Å². The Morgan fingerprint density at radius 2 is 1.94 bits per heavy atom. The van der Waals surface area contributed by atoms with Crippen LogP contribution in [0, 0.1) is 0 Å². The molecule has 0 aromatic rings. The Morgan fingerprint density at radius 1 is 1.24 bits per heavy atom. The van der Waals surface area contributed by atoms with Gasteiger partial charge >= 0.3 is 0 Å². The van der Waals surface area contributed by atoms with Crippen LogP contribution in [0.15, 0.2) is 0 Å². The first-order chi connectivity index (χ1) is 8.17. The van der Waals surface area contributed by atoms with Gasteiger partial charge in [0.25, 0.3) is 0 Å². The Balaban J connectivity index is 2.43. The second-order valence-corrected chi connectivity index (χ2v) is 5.78. The molecule has 0 bridgehead atoms. The lowest BCUT2D eigenvalue weighted by atomic mass is 10.0. The minimum absolute atomic E-state index is 0.682. The van der Waals surface area contributed by atoms with Crippen LogP contribution in [-0.4, -0.2) is 36.1 Å². The van der Waals surface area contributed by atoms with Crippen LogP contribution in [0.2, 0.25) is 0 Å². The molecular formula is C15H32N2. The van der Waals surface area contributed by atoms with Crippen molar-refractivity contribution in [2.75, 3.05) is 13.1 Å². The molecule has 0 radical (unpaired) electrons. The van der Waals surface area contributed by atoms with Crippen molar-refractivity contribution >= 4 is 0 Å². The molecule has 0 aliphatic carbocycles. The minimum atomic E-state index is 0.682. The average Bonchev–Trinajstić information content (AvgIpc) is 2.31. The van der Waals surface area contributed by atoms with Crippen LogP contribution in [0.5, 0.6) is 0 Å². The van der Waals surface area contributed by atoms with Crippen LogP contribution in [0.4, 0.5) is 0 Å². The molecule has 102 valence electrons.